The number of hydrogen-bond acceptors (Lipinski definition) is 6. The second kappa shape index (κ2) is 9.79. The molecule has 7 nitrogen and oxygen atoms in total. The summed E-state index contributed by atoms with van der Waals surface area (Å²) in [5, 5.41) is 7.79. The molecule has 0 aliphatic carbocycles. The molecule has 0 bridgehead atoms. The first-order valence-corrected chi connectivity index (χ1v) is 12.4. The van der Waals surface area contributed by atoms with Gasteiger partial charge in [0.1, 0.15) is 10.6 Å². The van der Waals surface area contributed by atoms with E-state index in [9.17, 15) is 9.59 Å². The minimum absolute atomic E-state index is 0.114. The van der Waals surface area contributed by atoms with E-state index in [-0.39, 0.29) is 11.8 Å². The average Bonchev–Trinajstić information content (AvgIpc) is 3.53. The Morgan fingerprint density at radius 1 is 1.09 bits per heavy atom. The topological polar surface area (TPSA) is 78.7 Å². The zero-order chi connectivity index (χ0) is 23.5. The molecule has 1 aromatic carbocycles. The van der Waals surface area contributed by atoms with E-state index < -0.39 is 0 Å². The van der Waals surface area contributed by atoms with Gasteiger partial charge >= 0.3 is 5.91 Å². The monoisotopic (exact) mass is 474 g/mol. The number of aromatic nitrogens is 1. The van der Waals surface area contributed by atoms with E-state index in [2.05, 4.69) is 15.3 Å². The van der Waals surface area contributed by atoms with Crippen molar-refractivity contribution in [1.82, 2.24) is 15.0 Å². The minimum Gasteiger partial charge on any atom is -0.451 e. The van der Waals surface area contributed by atoms with Gasteiger partial charge in [-0.15, -0.1) is 11.3 Å². The van der Waals surface area contributed by atoms with Gasteiger partial charge in [0.05, 0.1) is 4.88 Å². The predicted molar refractivity (Wildman–Crippen MR) is 134 cm³/mol. The normalized spacial score (nSPS) is 14.3. The van der Waals surface area contributed by atoms with Crippen LogP contribution in [0.4, 0.5) is 5.69 Å². The number of hydrazine groups is 1. The van der Waals surface area contributed by atoms with Gasteiger partial charge in [-0.05, 0) is 68.3 Å². The summed E-state index contributed by atoms with van der Waals surface area (Å²) in [5.74, 6) is 0.668. The van der Waals surface area contributed by atoms with Crippen LogP contribution in [-0.2, 0) is 0 Å². The van der Waals surface area contributed by atoms with Crippen molar-refractivity contribution < 1.29 is 14.0 Å². The molecule has 0 radical (unpaired) electrons. The molecule has 34 heavy (non-hydrogen) atoms. The number of hydrogen-bond donors (Lipinski definition) is 1. The maximum Gasteiger partial charge on any atom is 0.303 e. The highest BCUT2D eigenvalue weighted by molar-refractivity contribution is 7.20. The first-order chi connectivity index (χ1) is 16.6. The average molecular weight is 475 g/mol. The highest BCUT2D eigenvalue weighted by Gasteiger charge is 2.25. The molecule has 1 fully saturated rings. The lowest BCUT2D eigenvalue weighted by Gasteiger charge is -2.36. The highest BCUT2D eigenvalue weighted by atomic mass is 32.1. The number of benzene rings is 1. The molecule has 0 spiro atoms. The number of piperidine rings is 1. The van der Waals surface area contributed by atoms with Crippen molar-refractivity contribution in [2.75, 3.05) is 25.0 Å². The molecule has 4 aromatic rings. The summed E-state index contributed by atoms with van der Waals surface area (Å²) in [4.78, 5) is 31.4. The molecule has 5 rings (SSSR count). The van der Waals surface area contributed by atoms with Crippen molar-refractivity contribution in [3.8, 4) is 11.3 Å². The van der Waals surface area contributed by atoms with Gasteiger partial charge in [0.25, 0.3) is 5.91 Å². The number of rotatable bonds is 6. The van der Waals surface area contributed by atoms with E-state index in [1.54, 1.807) is 17.3 Å². The van der Waals surface area contributed by atoms with Crippen LogP contribution in [0.1, 0.15) is 46.4 Å². The van der Waals surface area contributed by atoms with Crippen LogP contribution in [0.5, 0.6) is 0 Å². The summed E-state index contributed by atoms with van der Waals surface area (Å²) >= 11 is 1.37. The number of thiophene rings is 1. The number of furan rings is 1. The lowest BCUT2D eigenvalue weighted by atomic mass is 10.1. The summed E-state index contributed by atoms with van der Waals surface area (Å²) in [6.07, 6.45) is 5.15. The fourth-order valence-corrected chi connectivity index (χ4v) is 5.12. The number of nitrogens with one attached hydrogen (secondary N) is 1. The molecular weight excluding hydrogens is 448 g/mol. The predicted octanol–water partition coefficient (Wildman–Crippen LogP) is 5.67. The lowest BCUT2D eigenvalue weighted by molar-refractivity contribution is -0.0202. The molecule has 0 saturated carbocycles. The Hall–Kier alpha value is -3.49. The molecular formula is C26H26N4O3S. The SMILES string of the molecule is CCN(C(=O)c1ccc(-c2ccc(NC(=O)c3cc4cccnc4s3)cc2)o1)N1CCCCC1. The van der Waals surface area contributed by atoms with Gasteiger partial charge < -0.3 is 9.73 Å². The zero-order valence-electron chi connectivity index (χ0n) is 19.0. The molecule has 3 aromatic heterocycles. The summed E-state index contributed by atoms with van der Waals surface area (Å²) < 4.78 is 5.92. The second-order valence-electron chi connectivity index (χ2n) is 8.24. The fraction of sp³-hybridized carbons (Fsp3) is 0.269. The molecule has 174 valence electrons. The van der Waals surface area contributed by atoms with E-state index >= 15 is 0 Å². The summed E-state index contributed by atoms with van der Waals surface area (Å²) in [7, 11) is 0. The molecule has 0 atom stereocenters. The zero-order valence-corrected chi connectivity index (χ0v) is 19.8. The van der Waals surface area contributed by atoms with Crippen LogP contribution in [0.2, 0.25) is 0 Å². The van der Waals surface area contributed by atoms with Crippen molar-refractivity contribution in [2.45, 2.75) is 26.2 Å². The third-order valence-electron chi connectivity index (χ3n) is 5.97. The Kier molecular flexibility index (Phi) is 6.42. The van der Waals surface area contributed by atoms with E-state index in [1.807, 2.05) is 55.5 Å². The quantitative estimate of drug-likeness (QED) is 0.389. The van der Waals surface area contributed by atoms with Crippen LogP contribution in [0.25, 0.3) is 21.5 Å². The molecule has 0 unspecified atom stereocenters. The Balaban J connectivity index is 1.26. The van der Waals surface area contributed by atoms with Crippen LogP contribution in [0.3, 0.4) is 0 Å². The number of anilines is 1. The van der Waals surface area contributed by atoms with E-state index in [0.717, 1.165) is 41.7 Å². The molecule has 2 amide bonds. The summed E-state index contributed by atoms with van der Waals surface area (Å²) in [6, 6.07) is 16.6. The van der Waals surface area contributed by atoms with Crippen molar-refractivity contribution in [3.63, 3.8) is 0 Å². The molecule has 1 saturated heterocycles. The smallest absolute Gasteiger partial charge is 0.303 e. The number of carbonyl (C=O) groups is 2. The van der Waals surface area contributed by atoms with Gasteiger partial charge in [0.2, 0.25) is 0 Å². The van der Waals surface area contributed by atoms with E-state index in [1.165, 1.54) is 17.8 Å². The number of nitrogens with zero attached hydrogens (tertiary/aromatic N) is 3. The van der Waals surface area contributed by atoms with Crippen molar-refractivity contribution in [3.05, 3.63) is 71.4 Å². The van der Waals surface area contributed by atoms with E-state index in [0.29, 0.717) is 28.6 Å². The van der Waals surface area contributed by atoms with Crippen molar-refractivity contribution >= 4 is 39.1 Å². The Labute approximate surface area is 202 Å². The molecule has 4 heterocycles. The third kappa shape index (κ3) is 4.60. The van der Waals surface area contributed by atoms with Crippen molar-refractivity contribution in [2.24, 2.45) is 0 Å². The van der Waals surface area contributed by atoms with Gasteiger partial charge in [-0.1, -0.05) is 12.5 Å². The van der Waals surface area contributed by atoms with Crippen molar-refractivity contribution in [1.29, 1.82) is 0 Å². The van der Waals surface area contributed by atoms with Gasteiger partial charge in [-0.2, -0.15) is 0 Å². The maximum atomic E-state index is 13.0. The Morgan fingerprint density at radius 2 is 1.88 bits per heavy atom. The minimum atomic E-state index is -0.168. The largest absolute Gasteiger partial charge is 0.451 e. The van der Waals surface area contributed by atoms with Crippen LogP contribution in [0, 0.1) is 0 Å². The first kappa shape index (κ1) is 22.3. The van der Waals surface area contributed by atoms with Crippen LogP contribution in [-0.4, -0.2) is 46.5 Å². The van der Waals surface area contributed by atoms with Gasteiger partial charge in [0, 0.05) is 42.5 Å². The fourth-order valence-electron chi connectivity index (χ4n) is 4.22. The second-order valence-corrected chi connectivity index (χ2v) is 9.27. The van der Waals surface area contributed by atoms with Gasteiger partial charge in [-0.25, -0.2) is 9.99 Å². The van der Waals surface area contributed by atoms with E-state index in [4.69, 9.17) is 4.42 Å². The summed E-state index contributed by atoms with van der Waals surface area (Å²) in [6.45, 7) is 4.40. The number of amides is 2. The standard InChI is InChI=1S/C26H26N4O3S/c1-2-30(29-15-4-3-5-16-29)26(32)22-13-12-21(33-22)18-8-10-20(11-9-18)28-24(31)23-17-19-7-6-14-27-25(19)34-23/h6-14,17H,2-5,15-16H2,1H3,(H,28,31). The molecule has 1 aliphatic rings. The number of fused-ring (bicyclic) bond motifs is 1. The maximum absolute atomic E-state index is 13.0. The summed E-state index contributed by atoms with van der Waals surface area (Å²) in [5.41, 5.74) is 1.52. The first-order valence-electron chi connectivity index (χ1n) is 11.6. The van der Waals surface area contributed by atoms with Crippen LogP contribution in [0.15, 0.2) is 65.2 Å². The number of pyridine rings is 1. The molecule has 8 heteroatoms. The highest BCUT2D eigenvalue weighted by Crippen LogP contribution is 2.27. The van der Waals surface area contributed by atoms with Crippen LogP contribution >= 0.6 is 11.3 Å². The van der Waals surface area contributed by atoms with Gasteiger partial charge in [0.15, 0.2) is 5.76 Å². The molecule has 1 aliphatic heterocycles. The number of carbonyl (C=O) groups excluding carboxylic acids is 2. The molecule has 1 N–H and O–H groups in total. The van der Waals surface area contributed by atoms with Gasteiger partial charge in [-0.3, -0.25) is 14.6 Å². The third-order valence-corrected chi connectivity index (χ3v) is 7.03. The lowest BCUT2D eigenvalue weighted by Crippen LogP contribution is -2.48. The Bertz CT molecular complexity index is 1270. The Morgan fingerprint density at radius 3 is 2.62 bits per heavy atom. The van der Waals surface area contributed by atoms with Crippen LogP contribution < -0.4 is 5.32 Å².